The molecular weight excluding hydrogens is 335 g/mol. The van der Waals surface area contributed by atoms with Gasteiger partial charge in [0.05, 0.1) is 37.9 Å². The van der Waals surface area contributed by atoms with Crippen LogP contribution in [0.5, 0.6) is 17.2 Å². The van der Waals surface area contributed by atoms with Crippen molar-refractivity contribution in [2.45, 2.75) is 18.4 Å². The third-order valence-electron chi connectivity index (χ3n) is 3.65. The van der Waals surface area contributed by atoms with Gasteiger partial charge in [-0.25, -0.2) is 0 Å². The average molecular weight is 347 g/mol. The highest BCUT2D eigenvalue weighted by Crippen LogP contribution is 2.48. The Morgan fingerprint density at radius 3 is 2.46 bits per heavy atom. The van der Waals surface area contributed by atoms with Gasteiger partial charge in [0.2, 0.25) is 5.75 Å². The molecule has 2 N–H and O–H groups in total. The molecule has 0 saturated heterocycles. The average Bonchev–Trinajstić information content (AvgIpc) is 3.13. The first-order valence-corrected chi connectivity index (χ1v) is 6.62. The number of oxime groups is 1. The number of halogens is 3. The van der Waals surface area contributed by atoms with Crippen LogP contribution in [-0.2, 0) is 4.84 Å². The number of phenols is 1. The zero-order valence-corrected chi connectivity index (χ0v) is 12.5. The minimum atomic E-state index is -5.06. The lowest BCUT2D eigenvalue weighted by molar-refractivity contribution is -0.355. The standard InChI is InChI=1S/C14H12F3NO6/c1-21-10-6-3-4-23-11(6)12(22-2)9(19)8(10)7-5-13(20,24-18-7)14(15,16)17/h3-4,19-20H,5H2,1-2H3/t13-/m1/s1. The zero-order valence-electron chi connectivity index (χ0n) is 12.5. The molecule has 1 aromatic carbocycles. The molecule has 3 rings (SSSR count). The van der Waals surface area contributed by atoms with Gasteiger partial charge in [-0.2, -0.15) is 13.2 Å². The number of phenolic OH excluding ortho intramolecular Hbond substituents is 1. The second-order valence-corrected chi connectivity index (χ2v) is 5.04. The van der Waals surface area contributed by atoms with E-state index < -0.39 is 24.1 Å². The number of furan rings is 1. The molecule has 0 saturated carbocycles. The first kappa shape index (κ1) is 16.2. The molecule has 1 aliphatic heterocycles. The summed E-state index contributed by atoms with van der Waals surface area (Å²) in [4.78, 5) is 4.18. The van der Waals surface area contributed by atoms with Gasteiger partial charge in [-0.05, 0) is 6.07 Å². The van der Waals surface area contributed by atoms with Crippen molar-refractivity contribution in [3.8, 4) is 17.2 Å². The Morgan fingerprint density at radius 2 is 1.92 bits per heavy atom. The highest BCUT2D eigenvalue weighted by Gasteiger charge is 2.61. The van der Waals surface area contributed by atoms with Gasteiger partial charge in [-0.1, -0.05) is 5.16 Å². The number of fused-ring (bicyclic) bond motifs is 1. The van der Waals surface area contributed by atoms with Crippen LogP contribution >= 0.6 is 0 Å². The number of benzene rings is 1. The number of aliphatic hydroxyl groups is 1. The number of aromatic hydroxyl groups is 1. The Labute approximate surface area is 132 Å². The van der Waals surface area contributed by atoms with E-state index in [1.807, 2.05) is 0 Å². The molecule has 2 heterocycles. The fourth-order valence-corrected chi connectivity index (χ4v) is 2.50. The fourth-order valence-electron chi connectivity index (χ4n) is 2.50. The lowest BCUT2D eigenvalue weighted by Gasteiger charge is -2.22. The number of hydrogen-bond donors (Lipinski definition) is 2. The Hall–Kier alpha value is -2.62. The molecule has 130 valence electrons. The van der Waals surface area contributed by atoms with Crippen LogP contribution in [0.4, 0.5) is 13.2 Å². The lowest BCUT2D eigenvalue weighted by atomic mass is 9.98. The predicted octanol–water partition coefficient (Wildman–Crippen LogP) is 2.53. The maximum Gasteiger partial charge on any atom is 0.458 e. The molecule has 24 heavy (non-hydrogen) atoms. The van der Waals surface area contributed by atoms with Crippen molar-refractivity contribution in [1.82, 2.24) is 0 Å². The van der Waals surface area contributed by atoms with Crippen LogP contribution in [0.3, 0.4) is 0 Å². The minimum absolute atomic E-state index is 0.0193. The molecule has 0 aliphatic carbocycles. The van der Waals surface area contributed by atoms with Crippen molar-refractivity contribution < 1.29 is 42.1 Å². The van der Waals surface area contributed by atoms with Gasteiger partial charge in [-0.3, -0.25) is 0 Å². The number of ether oxygens (including phenoxy) is 2. The van der Waals surface area contributed by atoms with Crippen LogP contribution in [0.15, 0.2) is 21.9 Å². The van der Waals surface area contributed by atoms with E-state index >= 15 is 0 Å². The smallest absolute Gasteiger partial charge is 0.458 e. The van der Waals surface area contributed by atoms with Crippen molar-refractivity contribution in [1.29, 1.82) is 0 Å². The van der Waals surface area contributed by atoms with Crippen LogP contribution < -0.4 is 9.47 Å². The van der Waals surface area contributed by atoms with Gasteiger partial charge in [-0.15, -0.1) is 0 Å². The van der Waals surface area contributed by atoms with Crippen LogP contribution in [-0.4, -0.2) is 42.1 Å². The third kappa shape index (κ3) is 2.13. The second kappa shape index (κ2) is 5.20. The van der Waals surface area contributed by atoms with Gasteiger partial charge in [0, 0.05) is 0 Å². The van der Waals surface area contributed by atoms with Gasteiger partial charge in [0.15, 0.2) is 11.3 Å². The van der Waals surface area contributed by atoms with Gasteiger partial charge < -0.3 is 28.9 Å². The van der Waals surface area contributed by atoms with E-state index in [-0.39, 0.29) is 28.4 Å². The van der Waals surface area contributed by atoms with E-state index in [0.29, 0.717) is 5.39 Å². The summed E-state index contributed by atoms with van der Waals surface area (Å²) in [7, 11) is 2.52. The lowest BCUT2D eigenvalue weighted by Crippen LogP contribution is -2.45. The van der Waals surface area contributed by atoms with Crippen LogP contribution in [0.2, 0.25) is 0 Å². The second-order valence-electron chi connectivity index (χ2n) is 5.04. The zero-order chi connectivity index (χ0) is 17.7. The van der Waals surface area contributed by atoms with Crippen molar-refractivity contribution in [3.05, 3.63) is 17.9 Å². The fraction of sp³-hybridized carbons (Fsp3) is 0.357. The summed E-state index contributed by atoms with van der Waals surface area (Å²) >= 11 is 0. The summed E-state index contributed by atoms with van der Waals surface area (Å²) < 4.78 is 54.1. The minimum Gasteiger partial charge on any atom is -0.504 e. The monoisotopic (exact) mass is 347 g/mol. The number of nitrogens with zero attached hydrogens (tertiary/aromatic N) is 1. The van der Waals surface area contributed by atoms with Crippen molar-refractivity contribution in [3.63, 3.8) is 0 Å². The number of methoxy groups -OCH3 is 2. The topological polar surface area (TPSA) is 93.7 Å². The molecule has 0 unspecified atom stereocenters. The normalized spacial score (nSPS) is 20.8. The maximum atomic E-state index is 12.9. The summed E-state index contributed by atoms with van der Waals surface area (Å²) in [6, 6.07) is 1.49. The Bertz CT molecular complexity index is 828. The molecule has 1 aliphatic rings. The summed E-state index contributed by atoms with van der Waals surface area (Å²) in [5.74, 6) is -4.09. The van der Waals surface area contributed by atoms with E-state index in [1.165, 1.54) is 26.5 Å². The van der Waals surface area contributed by atoms with Crippen LogP contribution in [0.1, 0.15) is 12.0 Å². The molecule has 0 bridgehead atoms. The highest BCUT2D eigenvalue weighted by atomic mass is 19.4. The van der Waals surface area contributed by atoms with Gasteiger partial charge in [0.1, 0.15) is 11.5 Å². The molecular formula is C14H12F3NO6. The van der Waals surface area contributed by atoms with Crippen LogP contribution in [0.25, 0.3) is 11.0 Å². The first-order chi connectivity index (χ1) is 11.2. The predicted molar refractivity (Wildman–Crippen MR) is 74.2 cm³/mol. The number of hydrogen-bond acceptors (Lipinski definition) is 7. The van der Waals surface area contributed by atoms with E-state index in [0.717, 1.165) is 0 Å². The molecule has 1 atom stereocenters. The molecule has 0 fully saturated rings. The molecule has 1 aromatic heterocycles. The van der Waals surface area contributed by atoms with Crippen LogP contribution in [0, 0.1) is 0 Å². The largest absolute Gasteiger partial charge is 0.504 e. The van der Waals surface area contributed by atoms with Gasteiger partial charge >= 0.3 is 12.0 Å². The summed E-state index contributed by atoms with van der Waals surface area (Å²) in [5, 5.41) is 23.6. The molecule has 0 spiro atoms. The van der Waals surface area contributed by atoms with E-state index in [9.17, 15) is 23.4 Å². The molecule has 0 radical (unpaired) electrons. The summed E-state index contributed by atoms with van der Waals surface area (Å²) in [6.45, 7) is 0. The van der Waals surface area contributed by atoms with Crippen molar-refractivity contribution in [2.75, 3.05) is 14.2 Å². The quantitative estimate of drug-likeness (QED) is 0.886. The SMILES string of the molecule is COc1c(C2=NO[C@@](O)(C(F)(F)F)C2)c(O)c(OC)c2occc12. The molecule has 7 nitrogen and oxygen atoms in total. The maximum absolute atomic E-state index is 12.9. The first-order valence-electron chi connectivity index (χ1n) is 6.62. The molecule has 10 heteroatoms. The number of rotatable bonds is 3. The van der Waals surface area contributed by atoms with Gasteiger partial charge in [0.25, 0.3) is 0 Å². The van der Waals surface area contributed by atoms with Crippen molar-refractivity contribution >= 4 is 16.7 Å². The summed E-state index contributed by atoms with van der Waals surface area (Å²) in [5.41, 5.74) is -0.366. The van der Waals surface area contributed by atoms with E-state index in [2.05, 4.69) is 9.99 Å². The van der Waals surface area contributed by atoms with E-state index in [4.69, 9.17) is 13.9 Å². The third-order valence-corrected chi connectivity index (χ3v) is 3.65. The highest BCUT2D eigenvalue weighted by molar-refractivity contribution is 6.12. The Balaban J connectivity index is 2.19. The Kier molecular flexibility index (Phi) is 3.52. The Morgan fingerprint density at radius 1 is 1.25 bits per heavy atom. The van der Waals surface area contributed by atoms with Crippen molar-refractivity contribution in [2.24, 2.45) is 5.16 Å². The number of alkyl halides is 3. The molecule has 0 amide bonds. The van der Waals surface area contributed by atoms with E-state index in [1.54, 1.807) is 0 Å². The summed E-state index contributed by atoms with van der Waals surface area (Å²) in [6.07, 6.45) is -4.78. The molecule has 2 aromatic rings.